The number of aryl methyl sites for hydroxylation is 2. The number of pyridine rings is 1. The monoisotopic (exact) mass is 953 g/mol. The van der Waals surface area contributed by atoms with Gasteiger partial charge in [-0.2, -0.15) is 0 Å². The second-order valence-corrected chi connectivity index (χ2v) is 20.4. The third kappa shape index (κ3) is 10.8. The van der Waals surface area contributed by atoms with Gasteiger partial charge in [0.2, 0.25) is 17.7 Å². The van der Waals surface area contributed by atoms with Crippen molar-refractivity contribution in [1.82, 2.24) is 40.0 Å². The van der Waals surface area contributed by atoms with Crippen LogP contribution < -0.4 is 10.7 Å². The van der Waals surface area contributed by atoms with Crippen molar-refractivity contribution >= 4 is 40.5 Å². The number of aromatic nitrogens is 2. The van der Waals surface area contributed by atoms with Crippen molar-refractivity contribution < 1.29 is 33.8 Å². The van der Waals surface area contributed by atoms with Crippen LogP contribution in [0.25, 0.3) is 33.3 Å². The van der Waals surface area contributed by atoms with E-state index in [9.17, 15) is 29.1 Å². The van der Waals surface area contributed by atoms with Crippen LogP contribution in [0.15, 0.2) is 85.2 Å². The molecule has 0 radical (unpaired) electrons. The molecule has 2 fully saturated rings. The van der Waals surface area contributed by atoms with E-state index in [1.165, 1.54) is 20.4 Å². The Labute approximate surface area is 411 Å². The van der Waals surface area contributed by atoms with Crippen molar-refractivity contribution in [2.24, 2.45) is 11.3 Å². The number of likely N-dealkylation sites (N-methyl/N-ethyl adjacent to an activating group) is 2. The first-order chi connectivity index (χ1) is 33.5. The SMILES string of the molecule is CCc1ccncc1-c1c2c3cc(ccc3n1CC)-c1cc(O)cc(c1)C[C@H](NC(=O)[C@H](C(C)C)N(C)C(=O)CN(C)C(=O)[C@@H]1CN1Cc1ccccc1)C(=O)N1CCC[C@H](N1)C(=O)OCC(C)(C)C2. The number of rotatable bonds is 12. The zero-order valence-electron chi connectivity index (χ0n) is 41.8. The van der Waals surface area contributed by atoms with Gasteiger partial charge in [-0.1, -0.05) is 77.1 Å². The number of hydrogen-bond acceptors (Lipinski definition) is 10. The van der Waals surface area contributed by atoms with Crippen molar-refractivity contribution in [3.05, 3.63) is 107 Å². The molecule has 2 aromatic heterocycles. The second-order valence-electron chi connectivity index (χ2n) is 20.4. The van der Waals surface area contributed by atoms with Crippen molar-refractivity contribution in [1.29, 1.82) is 0 Å². The summed E-state index contributed by atoms with van der Waals surface area (Å²) in [7, 11) is 3.14. The van der Waals surface area contributed by atoms with Crippen LogP contribution in [0, 0.1) is 11.3 Å². The van der Waals surface area contributed by atoms with Gasteiger partial charge in [-0.05, 0) is 102 Å². The number of hydrogen-bond donors (Lipinski definition) is 3. The lowest BCUT2D eigenvalue weighted by atomic mass is 9.84. The van der Waals surface area contributed by atoms with Gasteiger partial charge in [0.15, 0.2) is 0 Å². The number of benzene rings is 3. The Morgan fingerprint density at radius 3 is 2.50 bits per heavy atom. The molecule has 15 heteroatoms. The van der Waals surface area contributed by atoms with Gasteiger partial charge in [-0.3, -0.25) is 38.9 Å². The number of nitrogens with one attached hydrogen (secondary N) is 2. The molecule has 370 valence electrons. The van der Waals surface area contributed by atoms with E-state index in [1.807, 2.05) is 73.6 Å². The molecule has 2 saturated heterocycles. The Kier molecular flexibility index (Phi) is 14.8. The molecule has 15 nitrogen and oxygen atoms in total. The van der Waals surface area contributed by atoms with Gasteiger partial charge < -0.3 is 29.5 Å². The molecule has 0 saturated carbocycles. The molecule has 5 aromatic rings. The van der Waals surface area contributed by atoms with Crippen molar-refractivity contribution in [3.63, 3.8) is 0 Å². The normalized spacial score (nSPS) is 20.6. The summed E-state index contributed by atoms with van der Waals surface area (Å²) >= 11 is 0. The van der Waals surface area contributed by atoms with Gasteiger partial charge in [0.1, 0.15) is 29.9 Å². The Bertz CT molecular complexity index is 2770. The fraction of sp³-hybridized carbons (Fsp3) is 0.455. The van der Waals surface area contributed by atoms with E-state index in [0.29, 0.717) is 44.5 Å². The van der Waals surface area contributed by atoms with Gasteiger partial charge in [-0.25, -0.2) is 5.43 Å². The first-order valence-electron chi connectivity index (χ1n) is 24.7. The zero-order valence-corrected chi connectivity index (χ0v) is 41.8. The van der Waals surface area contributed by atoms with Crippen LogP contribution in [0.5, 0.6) is 5.75 Å². The summed E-state index contributed by atoms with van der Waals surface area (Å²) < 4.78 is 8.43. The number of aromatic hydroxyl groups is 1. The lowest BCUT2D eigenvalue weighted by molar-refractivity contribution is -0.155. The number of amides is 4. The van der Waals surface area contributed by atoms with Gasteiger partial charge in [-0.15, -0.1) is 0 Å². The molecule has 5 atom stereocenters. The molecule has 6 bridgehead atoms. The number of carbonyl (C=O) groups excluding carboxylic acids is 5. The van der Waals surface area contributed by atoms with E-state index >= 15 is 0 Å². The average Bonchev–Trinajstić information content (AvgIpc) is 4.04. The highest BCUT2D eigenvalue weighted by Crippen LogP contribution is 2.41. The second kappa shape index (κ2) is 20.8. The molecule has 70 heavy (non-hydrogen) atoms. The van der Waals surface area contributed by atoms with Crippen LogP contribution in [0.2, 0.25) is 0 Å². The average molecular weight is 953 g/mol. The fourth-order valence-electron chi connectivity index (χ4n) is 10.3. The molecule has 3 aliphatic heterocycles. The number of cyclic esters (lactones) is 1. The topological polar surface area (TPSA) is 169 Å². The molecule has 1 unspecified atom stereocenters. The van der Waals surface area contributed by atoms with Crippen molar-refractivity contribution in [2.45, 2.75) is 111 Å². The van der Waals surface area contributed by atoms with E-state index in [0.717, 1.165) is 50.8 Å². The maximum Gasteiger partial charge on any atom is 0.324 e. The minimum absolute atomic E-state index is 0.00649. The molecule has 0 aliphatic carbocycles. The predicted octanol–water partition coefficient (Wildman–Crippen LogP) is 6.13. The zero-order chi connectivity index (χ0) is 50.0. The van der Waals surface area contributed by atoms with Crippen molar-refractivity contribution in [3.8, 4) is 28.1 Å². The summed E-state index contributed by atoms with van der Waals surface area (Å²) in [5.74, 6) is -2.50. The Hall–Kier alpha value is -6.58. The number of carbonyl (C=O) groups is 5. The quantitative estimate of drug-likeness (QED) is 0.0978. The maximum atomic E-state index is 14.8. The van der Waals surface area contributed by atoms with Crippen LogP contribution in [0.3, 0.4) is 0 Å². The summed E-state index contributed by atoms with van der Waals surface area (Å²) in [6.07, 6.45) is 6.09. The number of fused-ring (bicyclic) bond motifs is 6. The Morgan fingerprint density at radius 1 is 1.00 bits per heavy atom. The minimum Gasteiger partial charge on any atom is -0.508 e. The first kappa shape index (κ1) is 49.8. The van der Waals surface area contributed by atoms with Crippen LogP contribution in [-0.2, 0) is 61.1 Å². The standard InChI is InChI=1S/C55H68N8O7/c1-9-37-20-21-56-29-43(37)50-42-28-55(5,6)33-70-54(69)44-17-14-22-63(58-44)52(67)45(25-36-23-39(26-40(64)24-36)38-18-19-46(41(42)27-38)62(50)10-2)57-51(66)49(34(3)4)60(8)48(65)32-59(7)53(68)47-31-61(47)30-35-15-12-11-13-16-35/h11-13,15-16,18-21,23-24,26-27,29,34,44-45,47,49,58,64H,9-10,14,17,22,25,28,30-33H2,1-8H3,(H,57,66)/t44-,45-,47-,49-,61?/m0/s1. The number of phenols is 1. The van der Waals surface area contributed by atoms with E-state index in [4.69, 9.17) is 4.74 Å². The maximum absolute atomic E-state index is 14.8. The highest BCUT2D eigenvalue weighted by Gasteiger charge is 2.43. The molecular weight excluding hydrogens is 885 g/mol. The lowest BCUT2D eigenvalue weighted by Crippen LogP contribution is -2.62. The Morgan fingerprint density at radius 2 is 1.77 bits per heavy atom. The molecule has 3 aromatic carbocycles. The summed E-state index contributed by atoms with van der Waals surface area (Å²) in [6.45, 7) is 14.2. The highest BCUT2D eigenvalue weighted by molar-refractivity contribution is 5.96. The van der Waals surface area contributed by atoms with Crippen LogP contribution >= 0.6 is 0 Å². The molecule has 3 N–H and O–H groups in total. The summed E-state index contributed by atoms with van der Waals surface area (Å²) in [5, 5.41) is 16.8. The van der Waals surface area contributed by atoms with E-state index < -0.39 is 47.2 Å². The minimum atomic E-state index is -1.18. The number of hydrazine groups is 1. The van der Waals surface area contributed by atoms with E-state index in [2.05, 4.69) is 66.2 Å². The van der Waals surface area contributed by atoms with E-state index in [1.54, 1.807) is 26.2 Å². The van der Waals surface area contributed by atoms with Gasteiger partial charge in [0.25, 0.3) is 5.91 Å². The lowest BCUT2D eigenvalue weighted by Gasteiger charge is -2.37. The largest absolute Gasteiger partial charge is 0.508 e. The molecule has 3 aliphatic rings. The first-order valence-corrected chi connectivity index (χ1v) is 24.7. The number of ether oxygens (including phenoxy) is 1. The molecular formula is C55H68N8O7. The summed E-state index contributed by atoms with van der Waals surface area (Å²) in [6, 6.07) is 20.1. The number of nitrogens with zero attached hydrogens (tertiary/aromatic N) is 6. The van der Waals surface area contributed by atoms with Crippen LogP contribution in [0.4, 0.5) is 0 Å². The van der Waals surface area contributed by atoms with Crippen molar-refractivity contribution in [2.75, 3.05) is 40.3 Å². The molecule has 5 heterocycles. The van der Waals surface area contributed by atoms with E-state index in [-0.39, 0.29) is 49.7 Å². The smallest absolute Gasteiger partial charge is 0.324 e. The number of phenolic OH excluding ortho intramolecular Hbond substituents is 1. The molecule has 0 spiro atoms. The summed E-state index contributed by atoms with van der Waals surface area (Å²) in [5.41, 5.74) is 11.3. The van der Waals surface area contributed by atoms with Gasteiger partial charge >= 0.3 is 5.97 Å². The van der Waals surface area contributed by atoms with Crippen LogP contribution in [0.1, 0.15) is 76.6 Å². The molecule has 8 rings (SSSR count). The third-order valence-corrected chi connectivity index (χ3v) is 14.1. The van der Waals surface area contributed by atoms with Gasteiger partial charge in [0, 0.05) is 81.0 Å². The van der Waals surface area contributed by atoms with Gasteiger partial charge in [0.05, 0.1) is 18.8 Å². The Balaban J connectivity index is 1.11. The highest BCUT2D eigenvalue weighted by atomic mass is 16.5. The molecule has 4 amide bonds. The third-order valence-electron chi connectivity index (χ3n) is 14.1. The summed E-state index contributed by atoms with van der Waals surface area (Å²) in [4.78, 5) is 80.0. The number of esters is 1. The predicted molar refractivity (Wildman–Crippen MR) is 269 cm³/mol. The van der Waals surface area contributed by atoms with Crippen LogP contribution in [-0.4, -0.2) is 128 Å². The fourth-order valence-corrected chi connectivity index (χ4v) is 10.3.